The number of hydrogen-bond donors (Lipinski definition) is 2. The molecule has 0 aliphatic carbocycles. The molecule has 0 radical (unpaired) electrons. The standard InChI is InChI=1S/C23H25N3O3S2/c1-16(17-6-4-3-5-7-17)24-23(27)25-19-8-10-20(11-9-19)31(28,29)15-18-14-30-22-13-26(2)12-21(18)22/h3-11,14,16H,12-13,15H2,1-2H3,(H2,24,25,27)/t16-/m1/s1. The van der Waals surface area contributed by atoms with Crippen molar-refractivity contribution in [2.45, 2.75) is 36.7 Å². The van der Waals surface area contributed by atoms with E-state index in [4.69, 9.17) is 0 Å². The number of amides is 2. The Morgan fingerprint density at radius 2 is 1.81 bits per heavy atom. The minimum atomic E-state index is -3.46. The predicted molar refractivity (Wildman–Crippen MR) is 124 cm³/mol. The van der Waals surface area contributed by atoms with E-state index in [0.29, 0.717) is 5.69 Å². The average molecular weight is 456 g/mol. The highest BCUT2D eigenvalue weighted by Crippen LogP contribution is 2.33. The van der Waals surface area contributed by atoms with Crippen LogP contribution in [0.1, 0.15) is 34.5 Å². The number of nitrogens with zero attached hydrogens (tertiary/aromatic N) is 1. The second-order valence-electron chi connectivity index (χ2n) is 7.85. The molecule has 0 bridgehead atoms. The molecule has 2 amide bonds. The molecule has 1 aliphatic heterocycles. The molecule has 4 rings (SSSR count). The van der Waals surface area contributed by atoms with Crippen molar-refractivity contribution in [3.63, 3.8) is 0 Å². The smallest absolute Gasteiger partial charge is 0.319 e. The maximum atomic E-state index is 12.9. The van der Waals surface area contributed by atoms with Crippen LogP contribution in [0.2, 0.25) is 0 Å². The lowest BCUT2D eigenvalue weighted by Crippen LogP contribution is -2.31. The highest BCUT2D eigenvalue weighted by Gasteiger charge is 2.25. The summed E-state index contributed by atoms with van der Waals surface area (Å²) in [7, 11) is -1.43. The summed E-state index contributed by atoms with van der Waals surface area (Å²) in [5, 5.41) is 7.59. The van der Waals surface area contributed by atoms with E-state index in [0.717, 1.165) is 29.8 Å². The van der Waals surface area contributed by atoms with Gasteiger partial charge in [-0.3, -0.25) is 4.90 Å². The largest absolute Gasteiger partial charge is 0.331 e. The van der Waals surface area contributed by atoms with E-state index in [1.54, 1.807) is 35.6 Å². The number of anilines is 1. The highest BCUT2D eigenvalue weighted by molar-refractivity contribution is 7.90. The fourth-order valence-electron chi connectivity index (χ4n) is 3.70. The fraction of sp³-hybridized carbons (Fsp3) is 0.261. The molecule has 2 aromatic carbocycles. The molecule has 162 valence electrons. The van der Waals surface area contributed by atoms with Gasteiger partial charge in [0.15, 0.2) is 9.84 Å². The van der Waals surface area contributed by atoms with Crippen molar-refractivity contribution in [1.29, 1.82) is 0 Å². The lowest BCUT2D eigenvalue weighted by atomic mass is 10.1. The van der Waals surface area contributed by atoms with Crippen molar-refractivity contribution < 1.29 is 13.2 Å². The third kappa shape index (κ3) is 4.98. The molecular formula is C23H25N3O3S2. The number of urea groups is 1. The van der Waals surface area contributed by atoms with E-state index in [9.17, 15) is 13.2 Å². The second-order valence-corrected chi connectivity index (χ2v) is 10.8. The molecule has 1 atom stereocenters. The molecule has 2 N–H and O–H groups in total. The van der Waals surface area contributed by atoms with E-state index in [-0.39, 0.29) is 22.7 Å². The van der Waals surface area contributed by atoms with Gasteiger partial charge in [-0.15, -0.1) is 11.3 Å². The zero-order valence-electron chi connectivity index (χ0n) is 17.5. The first-order valence-electron chi connectivity index (χ1n) is 10.0. The molecule has 0 unspecified atom stereocenters. The van der Waals surface area contributed by atoms with Gasteiger partial charge < -0.3 is 10.6 Å². The Bertz CT molecular complexity index is 1170. The number of fused-ring (bicyclic) bond motifs is 1. The Labute approximate surface area is 186 Å². The zero-order valence-corrected chi connectivity index (χ0v) is 19.1. The van der Waals surface area contributed by atoms with Crippen LogP contribution < -0.4 is 10.6 Å². The maximum Gasteiger partial charge on any atom is 0.319 e. The van der Waals surface area contributed by atoms with E-state index in [1.807, 2.05) is 49.7 Å². The number of carbonyl (C=O) groups excluding carboxylic acids is 1. The molecule has 2 heterocycles. The zero-order chi connectivity index (χ0) is 22.0. The monoisotopic (exact) mass is 455 g/mol. The van der Waals surface area contributed by atoms with Crippen molar-refractivity contribution in [2.24, 2.45) is 0 Å². The number of nitrogens with one attached hydrogen (secondary N) is 2. The number of carbonyl (C=O) groups is 1. The van der Waals surface area contributed by atoms with Crippen LogP contribution in [0.25, 0.3) is 0 Å². The van der Waals surface area contributed by atoms with Gasteiger partial charge in [0.05, 0.1) is 16.7 Å². The number of rotatable bonds is 6. The van der Waals surface area contributed by atoms with Gasteiger partial charge in [0.25, 0.3) is 0 Å². The SMILES string of the molecule is C[C@@H](NC(=O)Nc1ccc(S(=O)(=O)Cc2csc3c2CN(C)C3)cc1)c1ccccc1. The summed E-state index contributed by atoms with van der Waals surface area (Å²) < 4.78 is 25.8. The third-order valence-electron chi connectivity index (χ3n) is 5.37. The van der Waals surface area contributed by atoms with Crippen LogP contribution >= 0.6 is 11.3 Å². The topological polar surface area (TPSA) is 78.5 Å². The normalized spacial score (nSPS) is 14.8. The summed E-state index contributed by atoms with van der Waals surface area (Å²) in [5.41, 5.74) is 3.58. The first-order chi connectivity index (χ1) is 14.8. The van der Waals surface area contributed by atoms with Crippen LogP contribution in [0.4, 0.5) is 10.5 Å². The molecular weight excluding hydrogens is 430 g/mol. The van der Waals surface area contributed by atoms with E-state index < -0.39 is 9.84 Å². The van der Waals surface area contributed by atoms with Gasteiger partial charge in [-0.25, -0.2) is 13.2 Å². The molecule has 31 heavy (non-hydrogen) atoms. The van der Waals surface area contributed by atoms with Gasteiger partial charge in [0.1, 0.15) is 0 Å². The van der Waals surface area contributed by atoms with E-state index in [2.05, 4.69) is 15.5 Å². The van der Waals surface area contributed by atoms with Crippen molar-refractivity contribution in [2.75, 3.05) is 12.4 Å². The molecule has 6 nitrogen and oxygen atoms in total. The number of benzene rings is 2. The molecule has 8 heteroatoms. The highest BCUT2D eigenvalue weighted by atomic mass is 32.2. The van der Waals surface area contributed by atoms with Gasteiger partial charge in [-0.1, -0.05) is 30.3 Å². The molecule has 3 aromatic rings. The van der Waals surface area contributed by atoms with Crippen LogP contribution in [0.15, 0.2) is 64.9 Å². The fourth-order valence-corrected chi connectivity index (χ4v) is 6.33. The van der Waals surface area contributed by atoms with Gasteiger partial charge in [0.2, 0.25) is 0 Å². The van der Waals surface area contributed by atoms with Gasteiger partial charge in [-0.2, -0.15) is 0 Å². The van der Waals surface area contributed by atoms with Crippen molar-refractivity contribution >= 4 is 32.9 Å². The average Bonchev–Trinajstić information content (AvgIpc) is 3.28. The van der Waals surface area contributed by atoms with Gasteiger partial charge in [-0.05, 0) is 60.3 Å². The van der Waals surface area contributed by atoms with Gasteiger partial charge in [0, 0.05) is 23.7 Å². The second kappa shape index (κ2) is 8.82. The Hall–Kier alpha value is -2.68. The van der Waals surface area contributed by atoms with Crippen LogP contribution in [0.3, 0.4) is 0 Å². The Morgan fingerprint density at radius 3 is 2.52 bits per heavy atom. The van der Waals surface area contributed by atoms with Crippen LogP contribution in [-0.2, 0) is 28.7 Å². The molecule has 1 aromatic heterocycles. The summed E-state index contributed by atoms with van der Waals surface area (Å²) in [6.07, 6.45) is 0. The minimum absolute atomic E-state index is 0.00543. The Morgan fingerprint density at radius 1 is 1.10 bits per heavy atom. The summed E-state index contributed by atoms with van der Waals surface area (Å²) in [5.74, 6) is -0.00543. The summed E-state index contributed by atoms with van der Waals surface area (Å²) in [6.45, 7) is 3.58. The quantitative estimate of drug-likeness (QED) is 0.572. The predicted octanol–water partition coefficient (Wildman–Crippen LogP) is 4.55. The summed E-state index contributed by atoms with van der Waals surface area (Å²) in [4.78, 5) is 16.0. The first kappa shape index (κ1) is 21.5. The lowest BCUT2D eigenvalue weighted by molar-refractivity contribution is 0.249. The van der Waals surface area contributed by atoms with Crippen LogP contribution in [0, 0.1) is 0 Å². The molecule has 0 fully saturated rings. The molecule has 0 spiro atoms. The molecule has 1 aliphatic rings. The number of sulfone groups is 1. The Kier molecular flexibility index (Phi) is 6.13. The third-order valence-corrected chi connectivity index (χ3v) is 8.12. The van der Waals surface area contributed by atoms with Crippen molar-refractivity contribution in [3.8, 4) is 0 Å². The van der Waals surface area contributed by atoms with Crippen molar-refractivity contribution in [1.82, 2.24) is 10.2 Å². The Balaban J connectivity index is 1.39. The van der Waals surface area contributed by atoms with Gasteiger partial charge >= 0.3 is 6.03 Å². The molecule has 0 saturated heterocycles. The van der Waals surface area contributed by atoms with E-state index in [1.165, 1.54) is 4.88 Å². The van der Waals surface area contributed by atoms with E-state index >= 15 is 0 Å². The minimum Gasteiger partial charge on any atom is -0.331 e. The maximum absolute atomic E-state index is 12.9. The van der Waals surface area contributed by atoms with Crippen molar-refractivity contribution in [3.05, 3.63) is 81.5 Å². The lowest BCUT2D eigenvalue weighted by Gasteiger charge is -2.15. The summed E-state index contributed by atoms with van der Waals surface area (Å²) in [6, 6.07) is 15.5. The number of thiophene rings is 1. The number of hydrogen-bond acceptors (Lipinski definition) is 5. The van der Waals surface area contributed by atoms with Crippen LogP contribution in [-0.4, -0.2) is 26.4 Å². The van der Waals surface area contributed by atoms with Crippen LogP contribution in [0.5, 0.6) is 0 Å². The first-order valence-corrected chi connectivity index (χ1v) is 12.6. The summed E-state index contributed by atoms with van der Waals surface area (Å²) >= 11 is 1.63. The molecule has 0 saturated carbocycles.